The molecule has 2 aromatic carbocycles. The van der Waals surface area contributed by atoms with Gasteiger partial charge in [0, 0.05) is 55.2 Å². The van der Waals surface area contributed by atoms with Crippen LogP contribution in [-0.2, 0) is 19.4 Å². The highest BCUT2D eigenvalue weighted by atomic mass is 19.1. The van der Waals surface area contributed by atoms with Crippen LogP contribution in [-0.4, -0.2) is 27.5 Å². The van der Waals surface area contributed by atoms with Gasteiger partial charge in [-0.25, -0.2) is 8.78 Å². The van der Waals surface area contributed by atoms with Crippen LogP contribution in [0.15, 0.2) is 67.0 Å². The molecule has 0 spiro atoms. The fraction of sp³-hybridized carbons (Fsp3) is 0.208. The summed E-state index contributed by atoms with van der Waals surface area (Å²) in [6.45, 7) is 2.68. The van der Waals surface area contributed by atoms with E-state index in [0.717, 1.165) is 49.1 Å². The van der Waals surface area contributed by atoms with Crippen LogP contribution >= 0.6 is 0 Å². The Morgan fingerprint density at radius 2 is 1.66 bits per heavy atom. The van der Waals surface area contributed by atoms with Crippen molar-refractivity contribution in [3.8, 4) is 5.69 Å². The van der Waals surface area contributed by atoms with Crippen molar-refractivity contribution in [2.75, 3.05) is 13.1 Å². The first kappa shape index (κ1) is 18.0. The average Bonchev–Trinajstić information content (AvgIpc) is 3.06. The minimum atomic E-state index is -0.257. The van der Waals surface area contributed by atoms with Gasteiger partial charge in [0.15, 0.2) is 0 Å². The molecule has 29 heavy (non-hydrogen) atoms. The van der Waals surface area contributed by atoms with Crippen molar-refractivity contribution >= 4 is 10.9 Å². The van der Waals surface area contributed by atoms with Crippen LogP contribution in [0.5, 0.6) is 0 Å². The molecule has 0 saturated heterocycles. The van der Waals surface area contributed by atoms with Gasteiger partial charge < -0.3 is 4.57 Å². The lowest BCUT2D eigenvalue weighted by molar-refractivity contribution is 0.256. The fourth-order valence-corrected chi connectivity index (χ4v) is 4.30. The zero-order chi connectivity index (χ0) is 19.8. The van der Waals surface area contributed by atoms with E-state index in [1.165, 1.54) is 35.0 Å². The molecule has 0 saturated carbocycles. The lowest BCUT2D eigenvalue weighted by Crippen LogP contribution is -2.32. The Morgan fingerprint density at radius 1 is 0.897 bits per heavy atom. The van der Waals surface area contributed by atoms with E-state index in [2.05, 4.69) is 14.5 Å². The van der Waals surface area contributed by atoms with Crippen molar-refractivity contribution in [3.63, 3.8) is 0 Å². The average molecular weight is 389 g/mol. The van der Waals surface area contributed by atoms with E-state index >= 15 is 0 Å². The number of benzene rings is 2. The summed E-state index contributed by atoms with van der Waals surface area (Å²) < 4.78 is 29.7. The lowest BCUT2D eigenvalue weighted by Gasteiger charge is -2.28. The molecule has 5 rings (SSSR count). The Balaban J connectivity index is 1.51. The summed E-state index contributed by atoms with van der Waals surface area (Å²) >= 11 is 0. The number of nitrogens with zero attached hydrogens (tertiary/aromatic N) is 3. The van der Waals surface area contributed by atoms with Crippen molar-refractivity contribution in [3.05, 3.63) is 95.4 Å². The maximum atomic E-state index is 14.1. The van der Waals surface area contributed by atoms with Gasteiger partial charge in [-0.1, -0.05) is 0 Å². The second-order valence-electron chi connectivity index (χ2n) is 7.53. The number of hydrogen-bond acceptors (Lipinski definition) is 2. The first-order chi connectivity index (χ1) is 14.2. The molecule has 0 N–H and O–H groups in total. The molecule has 0 amide bonds. The molecule has 2 aromatic heterocycles. The van der Waals surface area contributed by atoms with Crippen molar-refractivity contribution < 1.29 is 8.78 Å². The zero-order valence-electron chi connectivity index (χ0n) is 16.0. The highest BCUT2D eigenvalue weighted by Gasteiger charge is 2.25. The van der Waals surface area contributed by atoms with Gasteiger partial charge in [-0.05, 0) is 72.1 Å². The summed E-state index contributed by atoms with van der Waals surface area (Å²) in [6, 6.07) is 15.6. The normalized spacial score (nSPS) is 14.3. The highest BCUT2D eigenvalue weighted by molar-refractivity contribution is 5.87. The summed E-state index contributed by atoms with van der Waals surface area (Å²) in [5.74, 6) is -0.488. The standard InChI is InChI=1S/C24H21F2N3/c25-18-1-4-20(5-2-18)29-23-6-3-19(26)15-21(23)22-16-28(14-10-24(22)29)13-9-17-7-11-27-12-8-17/h1-8,11-12,15H,9-10,13-14,16H2. The highest BCUT2D eigenvalue weighted by Crippen LogP contribution is 2.34. The summed E-state index contributed by atoms with van der Waals surface area (Å²) in [4.78, 5) is 6.49. The van der Waals surface area contributed by atoms with Crippen molar-refractivity contribution in [2.24, 2.45) is 0 Å². The van der Waals surface area contributed by atoms with Gasteiger partial charge in [0.2, 0.25) is 0 Å². The molecule has 4 aromatic rings. The van der Waals surface area contributed by atoms with Gasteiger partial charge in [-0.15, -0.1) is 0 Å². The molecule has 3 heterocycles. The van der Waals surface area contributed by atoms with Gasteiger partial charge in [0.1, 0.15) is 11.6 Å². The minimum absolute atomic E-state index is 0.231. The van der Waals surface area contributed by atoms with E-state index in [-0.39, 0.29) is 11.6 Å². The van der Waals surface area contributed by atoms with Gasteiger partial charge in [0.05, 0.1) is 5.52 Å². The molecule has 0 fully saturated rings. The van der Waals surface area contributed by atoms with E-state index in [0.29, 0.717) is 0 Å². The lowest BCUT2D eigenvalue weighted by atomic mass is 10.0. The molecular formula is C24H21F2N3. The molecule has 3 nitrogen and oxygen atoms in total. The fourth-order valence-electron chi connectivity index (χ4n) is 4.30. The molecule has 0 aliphatic carbocycles. The smallest absolute Gasteiger partial charge is 0.123 e. The second kappa shape index (κ2) is 7.41. The molecule has 5 heteroatoms. The number of fused-ring (bicyclic) bond motifs is 3. The largest absolute Gasteiger partial charge is 0.313 e. The first-order valence-electron chi connectivity index (χ1n) is 9.88. The maximum absolute atomic E-state index is 14.1. The van der Waals surface area contributed by atoms with Crippen LogP contribution in [0.1, 0.15) is 16.8 Å². The van der Waals surface area contributed by atoms with Crippen LogP contribution in [0, 0.1) is 11.6 Å². The summed E-state index contributed by atoms with van der Waals surface area (Å²) in [5.41, 5.74) is 5.52. The number of pyridine rings is 1. The van der Waals surface area contributed by atoms with E-state index in [1.54, 1.807) is 18.2 Å². The monoisotopic (exact) mass is 389 g/mol. The quantitative estimate of drug-likeness (QED) is 0.495. The molecule has 0 radical (unpaired) electrons. The Hall–Kier alpha value is -3.05. The predicted octanol–water partition coefficient (Wildman–Crippen LogP) is 4.90. The Bertz CT molecular complexity index is 1150. The third-order valence-corrected chi connectivity index (χ3v) is 5.74. The first-order valence-corrected chi connectivity index (χ1v) is 9.88. The van der Waals surface area contributed by atoms with Crippen molar-refractivity contribution in [1.82, 2.24) is 14.5 Å². The third kappa shape index (κ3) is 3.42. The summed E-state index contributed by atoms with van der Waals surface area (Å²) in [6.07, 6.45) is 5.48. The van der Waals surface area contributed by atoms with Crippen molar-refractivity contribution in [2.45, 2.75) is 19.4 Å². The predicted molar refractivity (Wildman–Crippen MR) is 110 cm³/mol. The van der Waals surface area contributed by atoms with E-state index in [1.807, 2.05) is 30.6 Å². The third-order valence-electron chi connectivity index (χ3n) is 5.74. The van der Waals surface area contributed by atoms with Gasteiger partial charge >= 0.3 is 0 Å². The summed E-state index contributed by atoms with van der Waals surface area (Å²) in [5, 5.41) is 0.943. The molecule has 0 unspecified atom stereocenters. The van der Waals surface area contributed by atoms with Crippen LogP contribution in [0.2, 0.25) is 0 Å². The van der Waals surface area contributed by atoms with Gasteiger partial charge in [-0.2, -0.15) is 0 Å². The van der Waals surface area contributed by atoms with E-state index in [9.17, 15) is 8.78 Å². The molecule has 146 valence electrons. The molecule has 1 aliphatic heterocycles. The van der Waals surface area contributed by atoms with Gasteiger partial charge in [0.25, 0.3) is 0 Å². The van der Waals surface area contributed by atoms with Gasteiger partial charge in [-0.3, -0.25) is 9.88 Å². The molecule has 0 bridgehead atoms. The zero-order valence-corrected chi connectivity index (χ0v) is 16.0. The topological polar surface area (TPSA) is 21.1 Å². The van der Waals surface area contributed by atoms with Crippen LogP contribution in [0.4, 0.5) is 8.78 Å². The van der Waals surface area contributed by atoms with Crippen molar-refractivity contribution in [1.29, 1.82) is 0 Å². The SMILES string of the molecule is Fc1ccc(-n2c3c(c4cc(F)ccc42)CN(CCc2ccncc2)CC3)cc1. The van der Waals surface area contributed by atoms with Crippen LogP contribution < -0.4 is 0 Å². The minimum Gasteiger partial charge on any atom is -0.313 e. The number of hydrogen-bond donors (Lipinski definition) is 0. The number of aromatic nitrogens is 2. The Morgan fingerprint density at radius 3 is 2.45 bits per heavy atom. The Kier molecular flexibility index (Phi) is 4.60. The van der Waals surface area contributed by atoms with Crippen LogP contribution in [0.3, 0.4) is 0 Å². The molecule has 1 aliphatic rings. The molecule has 0 atom stereocenters. The van der Waals surface area contributed by atoms with E-state index < -0.39 is 0 Å². The second-order valence-corrected chi connectivity index (χ2v) is 7.53. The maximum Gasteiger partial charge on any atom is 0.123 e. The number of halogens is 2. The summed E-state index contributed by atoms with van der Waals surface area (Å²) in [7, 11) is 0. The van der Waals surface area contributed by atoms with Crippen LogP contribution in [0.25, 0.3) is 16.6 Å². The number of rotatable bonds is 4. The molecular weight excluding hydrogens is 368 g/mol. The van der Waals surface area contributed by atoms with E-state index in [4.69, 9.17) is 0 Å². The Labute approximate surface area is 168 Å².